The number of ether oxygens (including phenoxy) is 2. The van der Waals surface area contributed by atoms with Crippen molar-refractivity contribution in [3.8, 4) is 0 Å². The van der Waals surface area contributed by atoms with Gasteiger partial charge in [0.25, 0.3) is 0 Å². The number of aromatic amines is 1. The monoisotopic (exact) mass is 355 g/mol. The van der Waals surface area contributed by atoms with Gasteiger partial charge in [0, 0.05) is 18.3 Å². The van der Waals surface area contributed by atoms with Crippen LogP contribution in [-0.4, -0.2) is 50.4 Å². The zero-order valence-corrected chi connectivity index (χ0v) is 15.3. The van der Waals surface area contributed by atoms with E-state index in [1.54, 1.807) is 41.5 Å². The number of carboxylic acids is 1. The van der Waals surface area contributed by atoms with Crippen LogP contribution in [0.3, 0.4) is 0 Å². The van der Waals surface area contributed by atoms with E-state index in [1.165, 1.54) is 6.20 Å². The third kappa shape index (κ3) is 7.69. The molecule has 1 heterocycles. The Balaban J connectivity index is 2.76. The molecule has 9 heteroatoms. The van der Waals surface area contributed by atoms with E-state index < -0.39 is 35.3 Å². The lowest BCUT2D eigenvalue weighted by Crippen LogP contribution is -2.44. The summed E-state index contributed by atoms with van der Waals surface area (Å²) in [7, 11) is 0. The topological polar surface area (TPSA) is 131 Å². The lowest BCUT2D eigenvalue weighted by Gasteiger charge is -2.21. The van der Waals surface area contributed by atoms with Crippen molar-refractivity contribution in [2.45, 2.75) is 65.2 Å². The van der Waals surface area contributed by atoms with Crippen LogP contribution >= 0.6 is 0 Å². The summed E-state index contributed by atoms with van der Waals surface area (Å²) in [6.45, 7) is 10.2. The van der Waals surface area contributed by atoms with Crippen LogP contribution in [0.4, 0.5) is 4.79 Å². The predicted molar refractivity (Wildman–Crippen MR) is 88.3 cm³/mol. The summed E-state index contributed by atoms with van der Waals surface area (Å²) in [5.74, 6) is -1.92. The van der Waals surface area contributed by atoms with Gasteiger partial charge in [-0.25, -0.2) is 19.4 Å². The van der Waals surface area contributed by atoms with Gasteiger partial charge in [0.2, 0.25) is 5.82 Å². The molecular weight excluding hydrogens is 330 g/mol. The number of aromatic nitrogens is 2. The van der Waals surface area contributed by atoms with Crippen molar-refractivity contribution in [1.82, 2.24) is 15.3 Å². The van der Waals surface area contributed by atoms with Crippen molar-refractivity contribution in [3.63, 3.8) is 0 Å². The van der Waals surface area contributed by atoms with Gasteiger partial charge in [-0.05, 0) is 41.5 Å². The number of carboxylic acid groups (broad SMARTS) is 1. The smallest absolute Gasteiger partial charge is 0.408 e. The highest BCUT2D eigenvalue weighted by Crippen LogP contribution is 2.11. The fourth-order valence-corrected chi connectivity index (χ4v) is 1.76. The molecule has 1 unspecified atom stereocenters. The Morgan fingerprint density at radius 2 is 1.72 bits per heavy atom. The van der Waals surface area contributed by atoms with Gasteiger partial charge in [-0.3, -0.25) is 0 Å². The Kier molecular flexibility index (Phi) is 6.17. The molecule has 140 valence electrons. The molecule has 1 aromatic rings. The van der Waals surface area contributed by atoms with Crippen molar-refractivity contribution in [2.24, 2.45) is 0 Å². The number of aliphatic carboxylic acids is 1. The number of hydrogen-bond donors (Lipinski definition) is 3. The molecule has 1 rings (SSSR count). The standard InChI is InChI=1S/C16H25N3O6/c1-15(2,3)24-13(22)11-17-8-9(18-11)7-10(12(20)21)19-14(23)25-16(4,5)6/h8,10H,7H2,1-6H3,(H,17,18)(H,19,23)(H,20,21). The third-order valence-corrected chi connectivity index (χ3v) is 2.63. The average molecular weight is 355 g/mol. The molecule has 0 bridgehead atoms. The van der Waals surface area contributed by atoms with Crippen molar-refractivity contribution >= 4 is 18.0 Å². The maximum atomic E-state index is 11.9. The van der Waals surface area contributed by atoms with Gasteiger partial charge < -0.3 is 24.9 Å². The fourth-order valence-electron chi connectivity index (χ4n) is 1.76. The molecule has 0 radical (unpaired) electrons. The Morgan fingerprint density at radius 3 is 2.20 bits per heavy atom. The maximum absolute atomic E-state index is 11.9. The second-order valence-electron chi connectivity index (χ2n) is 7.50. The molecule has 0 aromatic carbocycles. The number of esters is 1. The Hall–Kier alpha value is -2.58. The highest BCUT2D eigenvalue weighted by Gasteiger charge is 2.26. The highest BCUT2D eigenvalue weighted by molar-refractivity contribution is 5.85. The van der Waals surface area contributed by atoms with Gasteiger partial charge in [-0.2, -0.15) is 0 Å². The normalized spacial score (nSPS) is 13.0. The molecule has 0 spiro atoms. The van der Waals surface area contributed by atoms with Gasteiger partial charge in [0.1, 0.15) is 17.2 Å². The van der Waals surface area contributed by atoms with E-state index in [4.69, 9.17) is 9.47 Å². The first-order valence-electron chi connectivity index (χ1n) is 7.76. The van der Waals surface area contributed by atoms with Crippen molar-refractivity contribution < 1.29 is 29.0 Å². The van der Waals surface area contributed by atoms with Gasteiger partial charge in [0.05, 0.1) is 0 Å². The van der Waals surface area contributed by atoms with Crippen molar-refractivity contribution in [1.29, 1.82) is 0 Å². The molecule has 1 aromatic heterocycles. The molecule has 25 heavy (non-hydrogen) atoms. The van der Waals surface area contributed by atoms with Gasteiger partial charge in [-0.15, -0.1) is 0 Å². The van der Waals surface area contributed by atoms with Gasteiger partial charge in [-0.1, -0.05) is 0 Å². The third-order valence-electron chi connectivity index (χ3n) is 2.63. The summed E-state index contributed by atoms with van der Waals surface area (Å²) in [5, 5.41) is 11.5. The fraction of sp³-hybridized carbons (Fsp3) is 0.625. The number of H-pyrrole nitrogens is 1. The van der Waals surface area contributed by atoms with E-state index in [0.717, 1.165) is 0 Å². The highest BCUT2D eigenvalue weighted by atomic mass is 16.6. The van der Waals surface area contributed by atoms with Crippen molar-refractivity contribution in [2.75, 3.05) is 0 Å². The maximum Gasteiger partial charge on any atom is 0.408 e. The molecule has 0 aliphatic heterocycles. The van der Waals surface area contributed by atoms with Crippen LogP contribution < -0.4 is 5.32 Å². The minimum absolute atomic E-state index is 0.0358. The molecule has 0 saturated heterocycles. The average Bonchev–Trinajstić information content (AvgIpc) is 2.82. The molecule has 3 N–H and O–H groups in total. The van der Waals surface area contributed by atoms with E-state index in [-0.39, 0.29) is 12.2 Å². The summed E-state index contributed by atoms with van der Waals surface area (Å²) in [6.07, 6.45) is 0.392. The zero-order chi connectivity index (χ0) is 19.4. The number of alkyl carbamates (subject to hydrolysis) is 1. The molecule has 1 amide bonds. The van der Waals surface area contributed by atoms with Crippen LogP contribution in [0.5, 0.6) is 0 Å². The van der Waals surface area contributed by atoms with Crippen molar-refractivity contribution in [3.05, 3.63) is 17.7 Å². The van der Waals surface area contributed by atoms with E-state index in [0.29, 0.717) is 5.69 Å². The van der Waals surface area contributed by atoms with Crippen LogP contribution in [0.2, 0.25) is 0 Å². The molecule has 0 fully saturated rings. The van der Waals surface area contributed by atoms with Crippen LogP contribution in [0.1, 0.15) is 57.9 Å². The summed E-state index contributed by atoms with van der Waals surface area (Å²) < 4.78 is 10.2. The van der Waals surface area contributed by atoms with E-state index in [2.05, 4.69) is 15.3 Å². The Labute approximate surface area is 146 Å². The number of carbonyl (C=O) groups is 3. The Bertz CT molecular complexity index is 639. The van der Waals surface area contributed by atoms with E-state index in [1.807, 2.05) is 0 Å². The first-order chi connectivity index (χ1) is 11.3. The molecule has 9 nitrogen and oxygen atoms in total. The second kappa shape index (κ2) is 7.54. The van der Waals surface area contributed by atoms with E-state index in [9.17, 15) is 19.5 Å². The summed E-state index contributed by atoms with van der Waals surface area (Å²) in [4.78, 5) is 41.6. The first kappa shape index (κ1) is 20.5. The number of nitrogens with one attached hydrogen (secondary N) is 2. The minimum Gasteiger partial charge on any atom is -0.480 e. The molecule has 1 atom stereocenters. The summed E-state index contributed by atoms with van der Waals surface area (Å²) in [5.41, 5.74) is -1.05. The van der Waals surface area contributed by atoms with Crippen LogP contribution in [-0.2, 0) is 20.7 Å². The van der Waals surface area contributed by atoms with E-state index >= 15 is 0 Å². The predicted octanol–water partition coefficient (Wildman–Crippen LogP) is 1.89. The molecule has 0 saturated carbocycles. The number of rotatable bonds is 5. The molecular formula is C16H25N3O6. The number of carbonyl (C=O) groups excluding carboxylic acids is 2. The summed E-state index contributed by atoms with van der Waals surface area (Å²) in [6, 6.07) is -1.23. The number of hydrogen-bond acceptors (Lipinski definition) is 6. The van der Waals surface area contributed by atoms with Crippen LogP contribution in [0, 0.1) is 0 Å². The largest absolute Gasteiger partial charge is 0.480 e. The zero-order valence-electron chi connectivity index (χ0n) is 15.3. The molecule has 0 aliphatic rings. The summed E-state index contributed by atoms with van der Waals surface area (Å²) >= 11 is 0. The lowest BCUT2D eigenvalue weighted by molar-refractivity contribution is -0.139. The second-order valence-corrected chi connectivity index (χ2v) is 7.50. The van der Waals surface area contributed by atoms with Gasteiger partial charge >= 0.3 is 18.0 Å². The van der Waals surface area contributed by atoms with Gasteiger partial charge in [0.15, 0.2) is 0 Å². The van der Waals surface area contributed by atoms with Crippen LogP contribution in [0.15, 0.2) is 6.20 Å². The minimum atomic E-state index is -1.24. The SMILES string of the molecule is CC(C)(C)OC(=O)NC(Cc1cnc(C(=O)OC(C)(C)C)[nH]1)C(=O)O. The number of imidazole rings is 1. The number of nitrogens with zero attached hydrogens (tertiary/aromatic N) is 1. The Morgan fingerprint density at radius 1 is 1.16 bits per heavy atom. The lowest BCUT2D eigenvalue weighted by atomic mass is 10.1. The van der Waals surface area contributed by atoms with Crippen LogP contribution in [0.25, 0.3) is 0 Å². The number of amides is 1. The first-order valence-corrected chi connectivity index (χ1v) is 7.76. The quantitative estimate of drug-likeness (QED) is 0.687. The molecule has 0 aliphatic carbocycles.